The van der Waals surface area contributed by atoms with Crippen LogP contribution in [0.2, 0.25) is 0 Å². The van der Waals surface area contributed by atoms with E-state index in [9.17, 15) is 9.90 Å². The Bertz CT molecular complexity index is 265. The summed E-state index contributed by atoms with van der Waals surface area (Å²) < 4.78 is 5.17. The normalized spacial score (nSPS) is 21.7. The van der Waals surface area contributed by atoms with Crippen LogP contribution in [-0.4, -0.2) is 61.4 Å². The number of ether oxygens (including phenoxy) is 1. The van der Waals surface area contributed by atoms with Crippen LogP contribution in [0.4, 0.5) is 0 Å². The number of hydrogen-bond acceptors (Lipinski definition) is 4. The third-order valence-electron chi connectivity index (χ3n) is 3.69. The molecule has 0 bridgehead atoms. The lowest BCUT2D eigenvalue weighted by molar-refractivity contribution is -0.145. The van der Waals surface area contributed by atoms with E-state index >= 15 is 0 Å². The van der Waals surface area contributed by atoms with E-state index in [1.165, 1.54) is 0 Å². The van der Waals surface area contributed by atoms with Crippen LogP contribution in [0.15, 0.2) is 0 Å². The third kappa shape index (κ3) is 4.23. The van der Waals surface area contributed by atoms with Crippen LogP contribution >= 0.6 is 0 Å². The smallest absolute Gasteiger partial charge is 0.324 e. The van der Waals surface area contributed by atoms with Crippen LogP contribution in [0.5, 0.6) is 0 Å². The predicted molar refractivity (Wildman–Crippen MR) is 70.8 cm³/mol. The molecule has 1 fully saturated rings. The molecule has 1 aliphatic rings. The fourth-order valence-corrected chi connectivity index (χ4v) is 2.58. The Morgan fingerprint density at radius 2 is 2.11 bits per heavy atom. The Balaban J connectivity index is 2.45. The van der Waals surface area contributed by atoms with Gasteiger partial charge in [-0.2, -0.15) is 0 Å². The van der Waals surface area contributed by atoms with Crippen molar-refractivity contribution in [1.82, 2.24) is 10.2 Å². The molecule has 0 aromatic heterocycles. The number of methoxy groups -OCH3 is 1. The number of rotatable bonds is 7. The molecule has 0 aliphatic carbocycles. The van der Waals surface area contributed by atoms with Gasteiger partial charge in [-0.1, -0.05) is 6.92 Å². The average Bonchev–Trinajstić information content (AvgIpc) is 2.32. The topological polar surface area (TPSA) is 61.8 Å². The molecule has 0 saturated carbocycles. The number of aliphatic carboxylic acids is 1. The van der Waals surface area contributed by atoms with E-state index in [1.807, 2.05) is 6.92 Å². The van der Waals surface area contributed by atoms with Gasteiger partial charge in [-0.15, -0.1) is 0 Å². The van der Waals surface area contributed by atoms with E-state index in [0.29, 0.717) is 19.0 Å². The summed E-state index contributed by atoms with van der Waals surface area (Å²) in [5.74, 6) is -0.148. The van der Waals surface area contributed by atoms with Gasteiger partial charge in [0.2, 0.25) is 0 Å². The Morgan fingerprint density at radius 3 is 2.56 bits per heavy atom. The first-order valence-electron chi connectivity index (χ1n) is 6.71. The van der Waals surface area contributed by atoms with Crippen molar-refractivity contribution >= 4 is 5.97 Å². The lowest BCUT2D eigenvalue weighted by Crippen LogP contribution is -2.57. The highest BCUT2D eigenvalue weighted by Gasteiger charge is 2.35. The van der Waals surface area contributed by atoms with Crippen molar-refractivity contribution in [3.8, 4) is 0 Å². The van der Waals surface area contributed by atoms with Crippen molar-refractivity contribution in [1.29, 1.82) is 0 Å². The summed E-state index contributed by atoms with van der Waals surface area (Å²) >= 11 is 0. The highest BCUT2D eigenvalue weighted by Crippen LogP contribution is 2.19. The average molecular weight is 258 g/mol. The molecule has 1 saturated heterocycles. The van der Waals surface area contributed by atoms with Crippen molar-refractivity contribution in [2.45, 2.75) is 32.2 Å². The van der Waals surface area contributed by atoms with Crippen LogP contribution in [0.25, 0.3) is 0 Å². The summed E-state index contributed by atoms with van der Waals surface area (Å²) in [5.41, 5.74) is -0.844. The molecular formula is C13H26N2O3. The fourth-order valence-electron chi connectivity index (χ4n) is 2.58. The molecule has 0 radical (unpaired) electrons. The molecule has 5 nitrogen and oxygen atoms in total. The van der Waals surface area contributed by atoms with Gasteiger partial charge in [0.05, 0.1) is 0 Å². The van der Waals surface area contributed by atoms with Gasteiger partial charge < -0.3 is 20.1 Å². The maximum Gasteiger partial charge on any atom is 0.324 e. The molecule has 1 heterocycles. The number of carboxylic acid groups (broad SMARTS) is 1. The van der Waals surface area contributed by atoms with Crippen LogP contribution in [0.1, 0.15) is 26.7 Å². The van der Waals surface area contributed by atoms with Crippen LogP contribution in [-0.2, 0) is 9.53 Å². The highest BCUT2D eigenvalue weighted by atomic mass is 16.5. The van der Waals surface area contributed by atoms with Gasteiger partial charge in [-0.05, 0) is 45.3 Å². The maximum atomic E-state index is 11.3. The number of likely N-dealkylation sites (N-methyl/N-ethyl adjacent to an activating group) is 1. The minimum absolute atomic E-state index is 0.565. The van der Waals surface area contributed by atoms with Crippen LogP contribution < -0.4 is 5.32 Å². The molecule has 0 amide bonds. The number of likely N-dealkylation sites (tertiary alicyclic amines) is 1. The van der Waals surface area contributed by atoms with E-state index in [2.05, 4.69) is 10.2 Å². The first-order valence-corrected chi connectivity index (χ1v) is 6.71. The minimum atomic E-state index is -0.844. The number of nitrogens with one attached hydrogen (secondary N) is 1. The van der Waals surface area contributed by atoms with Crippen molar-refractivity contribution in [3.05, 3.63) is 0 Å². The monoisotopic (exact) mass is 258 g/mol. The first kappa shape index (κ1) is 15.4. The number of carbonyl (C=O) groups is 1. The lowest BCUT2D eigenvalue weighted by Gasteiger charge is -2.37. The summed E-state index contributed by atoms with van der Waals surface area (Å²) in [6, 6.07) is 0. The first-order chi connectivity index (χ1) is 8.51. The predicted octanol–water partition coefficient (Wildman–Crippen LogP) is 0.798. The Morgan fingerprint density at radius 1 is 1.50 bits per heavy atom. The fraction of sp³-hybridized carbons (Fsp3) is 0.923. The summed E-state index contributed by atoms with van der Waals surface area (Å²) in [4.78, 5) is 13.6. The summed E-state index contributed by atoms with van der Waals surface area (Å²) in [7, 11) is 1.74. The van der Waals surface area contributed by atoms with E-state index in [-0.39, 0.29) is 0 Å². The highest BCUT2D eigenvalue weighted by molar-refractivity contribution is 5.78. The van der Waals surface area contributed by atoms with Crippen molar-refractivity contribution in [3.63, 3.8) is 0 Å². The molecule has 106 valence electrons. The lowest BCUT2D eigenvalue weighted by atomic mass is 9.95. The van der Waals surface area contributed by atoms with Crippen molar-refractivity contribution in [2.75, 3.05) is 39.9 Å². The molecule has 1 rings (SSSR count). The van der Waals surface area contributed by atoms with E-state index in [4.69, 9.17) is 4.74 Å². The van der Waals surface area contributed by atoms with Gasteiger partial charge in [0.25, 0.3) is 0 Å². The minimum Gasteiger partial charge on any atom is -0.480 e. The van der Waals surface area contributed by atoms with Gasteiger partial charge in [0.1, 0.15) is 5.54 Å². The number of piperidine rings is 1. The van der Waals surface area contributed by atoms with Gasteiger partial charge in [-0.25, -0.2) is 0 Å². The molecule has 5 heteroatoms. The number of carboxylic acids is 1. The largest absolute Gasteiger partial charge is 0.480 e. The Hall–Kier alpha value is -0.650. The zero-order valence-corrected chi connectivity index (χ0v) is 11.7. The molecule has 0 spiro atoms. The molecule has 1 atom stereocenters. The summed E-state index contributed by atoms with van der Waals surface area (Å²) in [5, 5.41) is 12.4. The standard InChI is InChI=1S/C13H26N2O3/c1-4-14-13(2,12(16)17)10-15-7-5-11(6-8-15)9-18-3/h11,14H,4-10H2,1-3H3,(H,16,17). The van der Waals surface area contributed by atoms with Gasteiger partial charge in [0, 0.05) is 20.3 Å². The second kappa shape index (κ2) is 7.07. The zero-order valence-electron chi connectivity index (χ0n) is 11.7. The number of hydrogen-bond donors (Lipinski definition) is 2. The molecule has 2 N–H and O–H groups in total. The Kier molecular flexibility index (Phi) is 6.05. The van der Waals surface area contributed by atoms with Crippen LogP contribution in [0, 0.1) is 5.92 Å². The van der Waals surface area contributed by atoms with Crippen molar-refractivity contribution in [2.24, 2.45) is 5.92 Å². The SMILES string of the molecule is CCNC(C)(CN1CCC(COC)CC1)C(=O)O. The molecule has 1 aliphatic heterocycles. The molecule has 18 heavy (non-hydrogen) atoms. The second-order valence-corrected chi connectivity index (χ2v) is 5.34. The van der Waals surface area contributed by atoms with E-state index in [0.717, 1.165) is 32.5 Å². The molecular weight excluding hydrogens is 232 g/mol. The summed E-state index contributed by atoms with van der Waals surface area (Å²) in [6.07, 6.45) is 2.19. The number of nitrogens with zero attached hydrogens (tertiary/aromatic N) is 1. The third-order valence-corrected chi connectivity index (χ3v) is 3.69. The van der Waals surface area contributed by atoms with Crippen molar-refractivity contribution < 1.29 is 14.6 Å². The zero-order chi connectivity index (χ0) is 13.6. The van der Waals surface area contributed by atoms with Gasteiger partial charge in [-0.3, -0.25) is 4.79 Å². The molecule has 0 aromatic carbocycles. The maximum absolute atomic E-state index is 11.3. The van der Waals surface area contributed by atoms with Crippen LogP contribution in [0.3, 0.4) is 0 Å². The quantitative estimate of drug-likeness (QED) is 0.707. The van der Waals surface area contributed by atoms with E-state index < -0.39 is 11.5 Å². The molecule has 1 unspecified atom stereocenters. The second-order valence-electron chi connectivity index (χ2n) is 5.34. The van der Waals surface area contributed by atoms with Gasteiger partial charge in [0.15, 0.2) is 0 Å². The summed E-state index contributed by atoms with van der Waals surface area (Å²) in [6.45, 7) is 7.67. The van der Waals surface area contributed by atoms with Gasteiger partial charge >= 0.3 is 5.97 Å². The molecule has 0 aromatic rings. The van der Waals surface area contributed by atoms with E-state index in [1.54, 1.807) is 14.0 Å². The Labute approximate surface area is 109 Å².